The van der Waals surface area contributed by atoms with E-state index in [0.717, 1.165) is 61.6 Å². The Balaban J connectivity index is 1.34. The first kappa shape index (κ1) is 25.5. The lowest BCUT2D eigenvalue weighted by atomic mass is 9.80. The first-order valence-electron chi connectivity index (χ1n) is 14.5. The monoisotopic (exact) mass is 496 g/mol. The van der Waals surface area contributed by atoms with Crippen LogP contribution in [0.15, 0.2) is 24.3 Å². The number of ether oxygens (including phenoxy) is 1. The van der Waals surface area contributed by atoms with Crippen LogP contribution in [0.5, 0.6) is 11.5 Å². The van der Waals surface area contributed by atoms with Crippen molar-refractivity contribution < 1.29 is 18.6 Å². The third kappa shape index (κ3) is 5.58. The summed E-state index contributed by atoms with van der Waals surface area (Å²) < 4.78 is 36.3. The van der Waals surface area contributed by atoms with Crippen LogP contribution in [0.25, 0.3) is 0 Å². The molecule has 1 aliphatic heterocycles. The van der Waals surface area contributed by atoms with E-state index in [1.807, 2.05) is 6.07 Å². The van der Waals surface area contributed by atoms with Crippen molar-refractivity contribution >= 4 is 0 Å². The highest BCUT2D eigenvalue weighted by atomic mass is 19.1. The van der Waals surface area contributed by atoms with Crippen molar-refractivity contribution in [3.63, 3.8) is 0 Å². The molecule has 0 spiro atoms. The molecule has 2 fully saturated rings. The molecule has 2 saturated carbocycles. The van der Waals surface area contributed by atoms with E-state index in [-0.39, 0.29) is 17.7 Å². The molecule has 1 heterocycles. The Morgan fingerprint density at radius 3 is 2.06 bits per heavy atom. The van der Waals surface area contributed by atoms with Gasteiger partial charge in [-0.3, -0.25) is 0 Å². The Hall–Kier alpha value is -2.10. The van der Waals surface area contributed by atoms with Crippen molar-refractivity contribution in [3.8, 4) is 11.5 Å². The Kier molecular flexibility index (Phi) is 8.18. The molecule has 196 valence electrons. The van der Waals surface area contributed by atoms with Crippen LogP contribution in [-0.2, 0) is 12.8 Å². The number of halogens is 2. The lowest BCUT2D eigenvalue weighted by Crippen LogP contribution is -2.34. The summed E-state index contributed by atoms with van der Waals surface area (Å²) in [6, 6.07) is 7.46. The second-order valence-corrected chi connectivity index (χ2v) is 11.6. The zero-order chi connectivity index (χ0) is 25.1. The van der Waals surface area contributed by atoms with E-state index in [2.05, 4.69) is 13.0 Å². The van der Waals surface area contributed by atoms with Crippen LogP contribution in [0.3, 0.4) is 0 Å². The quantitative estimate of drug-likeness (QED) is 0.414. The van der Waals surface area contributed by atoms with Gasteiger partial charge in [-0.25, -0.2) is 8.78 Å². The van der Waals surface area contributed by atoms with E-state index >= 15 is 4.39 Å². The molecule has 2 aromatic rings. The van der Waals surface area contributed by atoms with Crippen molar-refractivity contribution in [3.05, 3.63) is 58.2 Å². The molecule has 0 amide bonds. The molecule has 3 aliphatic rings. The van der Waals surface area contributed by atoms with Crippen LogP contribution in [-0.4, -0.2) is 11.2 Å². The number of hydrogen-bond acceptors (Lipinski definition) is 2. The molecule has 2 unspecified atom stereocenters. The molecule has 36 heavy (non-hydrogen) atoms. The van der Waals surface area contributed by atoms with Crippen molar-refractivity contribution in [2.24, 2.45) is 5.92 Å². The molecule has 5 rings (SSSR count). The molecular formula is C32H42F2O2. The fraction of sp³-hybridized carbons (Fsp3) is 0.625. The summed E-state index contributed by atoms with van der Waals surface area (Å²) in [6.07, 6.45) is 15.8. The van der Waals surface area contributed by atoms with Gasteiger partial charge in [0.15, 0.2) is 23.1 Å². The minimum atomic E-state index is -0.519. The first-order chi connectivity index (χ1) is 17.5. The van der Waals surface area contributed by atoms with Crippen LogP contribution >= 0.6 is 0 Å². The van der Waals surface area contributed by atoms with Gasteiger partial charge < -0.3 is 9.84 Å². The zero-order valence-corrected chi connectivity index (χ0v) is 21.8. The van der Waals surface area contributed by atoms with Gasteiger partial charge in [0.25, 0.3) is 0 Å². The number of fused-ring (bicyclic) bond motifs is 1. The second-order valence-electron chi connectivity index (χ2n) is 11.6. The molecule has 0 bridgehead atoms. The standard InChI is InChI=1S/C32H42F2O2/c1-2-9-23-16-27-18-26(22-12-7-4-8-13-22)20-29(34)32(27)36-30(23)15-14-24-17-25(19-28(33)31(24)35)21-10-5-3-6-11-21/h17-23,30,35H,2-16H2,1H3. The van der Waals surface area contributed by atoms with Crippen LogP contribution in [0.4, 0.5) is 8.78 Å². The van der Waals surface area contributed by atoms with Crippen LogP contribution in [0.1, 0.15) is 124 Å². The van der Waals surface area contributed by atoms with Gasteiger partial charge in [-0.15, -0.1) is 0 Å². The van der Waals surface area contributed by atoms with Crippen molar-refractivity contribution in [2.75, 3.05) is 0 Å². The lowest BCUT2D eigenvalue weighted by Gasteiger charge is -2.35. The number of aryl methyl sites for hydroxylation is 1. The minimum Gasteiger partial charge on any atom is -0.505 e. The van der Waals surface area contributed by atoms with Gasteiger partial charge in [0, 0.05) is 5.92 Å². The molecule has 2 nitrogen and oxygen atoms in total. The number of phenols is 1. The van der Waals surface area contributed by atoms with Crippen LogP contribution in [0, 0.1) is 17.6 Å². The van der Waals surface area contributed by atoms with Crippen molar-refractivity contribution in [1.82, 2.24) is 0 Å². The van der Waals surface area contributed by atoms with Gasteiger partial charge in [0.2, 0.25) is 0 Å². The Morgan fingerprint density at radius 1 is 0.806 bits per heavy atom. The molecular weight excluding hydrogens is 454 g/mol. The fourth-order valence-electron chi connectivity index (χ4n) is 7.08. The van der Waals surface area contributed by atoms with Crippen molar-refractivity contribution in [1.29, 1.82) is 0 Å². The summed E-state index contributed by atoms with van der Waals surface area (Å²) in [6.45, 7) is 2.18. The fourth-order valence-corrected chi connectivity index (χ4v) is 7.08. The molecule has 2 aromatic carbocycles. The Morgan fingerprint density at radius 2 is 1.42 bits per heavy atom. The highest BCUT2D eigenvalue weighted by Crippen LogP contribution is 2.42. The van der Waals surface area contributed by atoms with Crippen LogP contribution < -0.4 is 4.74 Å². The predicted octanol–water partition coefficient (Wildman–Crippen LogP) is 9.12. The van der Waals surface area contributed by atoms with E-state index in [9.17, 15) is 9.50 Å². The summed E-state index contributed by atoms with van der Waals surface area (Å²) in [5, 5.41) is 10.5. The zero-order valence-electron chi connectivity index (χ0n) is 21.8. The maximum Gasteiger partial charge on any atom is 0.165 e. The van der Waals surface area contributed by atoms with Crippen LogP contribution in [0.2, 0.25) is 0 Å². The lowest BCUT2D eigenvalue weighted by molar-refractivity contribution is 0.0930. The number of benzene rings is 2. The highest BCUT2D eigenvalue weighted by molar-refractivity contribution is 5.43. The van der Waals surface area contributed by atoms with E-state index in [1.165, 1.54) is 44.6 Å². The molecule has 0 aromatic heterocycles. The molecule has 2 aliphatic carbocycles. The maximum absolute atomic E-state index is 15.3. The average Bonchev–Trinajstić information content (AvgIpc) is 2.90. The van der Waals surface area contributed by atoms with Gasteiger partial charge in [0.1, 0.15) is 6.10 Å². The van der Waals surface area contributed by atoms with E-state index in [1.54, 1.807) is 6.07 Å². The molecule has 4 heteroatoms. The molecule has 0 radical (unpaired) electrons. The van der Waals surface area contributed by atoms with Crippen molar-refractivity contribution in [2.45, 2.75) is 121 Å². The molecule has 1 N–H and O–H groups in total. The summed E-state index contributed by atoms with van der Waals surface area (Å²) in [5.41, 5.74) is 3.83. The van der Waals surface area contributed by atoms with Gasteiger partial charge in [-0.05, 0) is 97.6 Å². The smallest absolute Gasteiger partial charge is 0.165 e. The third-order valence-corrected chi connectivity index (χ3v) is 9.10. The summed E-state index contributed by atoms with van der Waals surface area (Å²) in [4.78, 5) is 0. The van der Waals surface area contributed by atoms with E-state index in [0.29, 0.717) is 41.9 Å². The Labute approximate surface area is 215 Å². The van der Waals surface area contributed by atoms with Gasteiger partial charge in [-0.2, -0.15) is 0 Å². The second kappa shape index (κ2) is 11.5. The maximum atomic E-state index is 15.3. The number of rotatable bonds is 7. The average molecular weight is 497 g/mol. The van der Waals surface area contributed by atoms with Gasteiger partial charge in [-0.1, -0.05) is 64.0 Å². The normalized spacial score (nSPS) is 23.3. The number of aromatic hydroxyl groups is 1. The van der Waals surface area contributed by atoms with Gasteiger partial charge >= 0.3 is 0 Å². The third-order valence-electron chi connectivity index (χ3n) is 9.10. The summed E-state index contributed by atoms with van der Waals surface area (Å²) in [7, 11) is 0. The highest BCUT2D eigenvalue weighted by Gasteiger charge is 2.32. The number of hydrogen-bond donors (Lipinski definition) is 1. The largest absolute Gasteiger partial charge is 0.505 e. The minimum absolute atomic E-state index is 0.131. The predicted molar refractivity (Wildman–Crippen MR) is 141 cm³/mol. The van der Waals surface area contributed by atoms with Gasteiger partial charge in [0.05, 0.1) is 0 Å². The van der Waals surface area contributed by atoms with E-state index in [4.69, 9.17) is 4.74 Å². The number of phenolic OH excluding ortho intramolecular Hbond substituents is 1. The Bertz CT molecular complexity index is 1040. The first-order valence-corrected chi connectivity index (χ1v) is 14.5. The topological polar surface area (TPSA) is 29.5 Å². The molecule has 2 atom stereocenters. The molecule has 0 saturated heterocycles. The SMILES string of the molecule is CCCC1Cc2cc(C3CCCCC3)cc(F)c2OC1CCc1cc(C2CCCCC2)cc(F)c1O. The summed E-state index contributed by atoms with van der Waals surface area (Å²) in [5.74, 6) is 0.577. The van der Waals surface area contributed by atoms with E-state index < -0.39 is 5.82 Å². The summed E-state index contributed by atoms with van der Waals surface area (Å²) >= 11 is 0.